The fourth-order valence-electron chi connectivity index (χ4n) is 0.754. The SMILES string of the molecule is CCCC/C=C/SCCCC. The first kappa shape index (κ1) is 11.1. The maximum Gasteiger partial charge on any atom is -0.00262 e. The minimum Gasteiger partial charge on any atom is -0.134 e. The van der Waals surface area contributed by atoms with E-state index >= 15 is 0 Å². The lowest BCUT2D eigenvalue weighted by molar-refractivity contribution is 0.815. The fourth-order valence-corrected chi connectivity index (χ4v) is 1.62. The topological polar surface area (TPSA) is 0 Å². The Kier molecular flexibility index (Phi) is 10.2. The molecule has 0 nitrogen and oxygen atoms in total. The molecule has 0 fully saturated rings. The molecule has 11 heavy (non-hydrogen) atoms. The maximum atomic E-state index is 2.30. The van der Waals surface area contributed by atoms with Gasteiger partial charge in [-0.25, -0.2) is 0 Å². The Balaban J connectivity index is 2.91. The summed E-state index contributed by atoms with van der Waals surface area (Å²) in [6, 6.07) is 0. The van der Waals surface area contributed by atoms with Crippen molar-refractivity contribution >= 4 is 11.8 Å². The van der Waals surface area contributed by atoms with E-state index in [1.165, 1.54) is 37.9 Å². The second kappa shape index (κ2) is 10.1. The molecule has 0 saturated carbocycles. The van der Waals surface area contributed by atoms with Gasteiger partial charge < -0.3 is 0 Å². The molecule has 0 aromatic carbocycles. The zero-order valence-corrected chi connectivity index (χ0v) is 8.62. The highest BCUT2D eigenvalue weighted by molar-refractivity contribution is 8.02. The van der Waals surface area contributed by atoms with Crippen LogP contribution in [0.25, 0.3) is 0 Å². The van der Waals surface area contributed by atoms with Crippen LogP contribution in [-0.4, -0.2) is 5.75 Å². The summed E-state index contributed by atoms with van der Waals surface area (Å²) in [6.07, 6.45) is 8.87. The van der Waals surface area contributed by atoms with Crippen molar-refractivity contribution in [3.63, 3.8) is 0 Å². The quantitative estimate of drug-likeness (QED) is 0.518. The molecule has 0 amide bonds. The molecule has 0 aliphatic heterocycles. The third-order valence-electron chi connectivity index (χ3n) is 1.53. The summed E-state index contributed by atoms with van der Waals surface area (Å²) < 4.78 is 0. The van der Waals surface area contributed by atoms with E-state index in [-0.39, 0.29) is 0 Å². The van der Waals surface area contributed by atoms with Gasteiger partial charge in [-0.05, 0) is 24.0 Å². The summed E-state index contributed by atoms with van der Waals surface area (Å²) in [6.45, 7) is 4.47. The van der Waals surface area contributed by atoms with Gasteiger partial charge in [0.2, 0.25) is 0 Å². The predicted octanol–water partition coefficient (Wildman–Crippen LogP) is 4.22. The molecule has 0 N–H and O–H groups in total. The minimum absolute atomic E-state index is 1.26. The van der Waals surface area contributed by atoms with Crippen LogP contribution < -0.4 is 0 Å². The molecular formula is C10H20S. The van der Waals surface area contributed by atoms with Crippen molar-refractivity contribution in [1.29, 1.82) is 0 Å². The molecule has 0 radical (unpaired) electrons. The Labute approximate surface area is 75.5 Å². The number of unbranched alkanes of at least 4 members (excludes halogenated alkanes) is 3. The number of rotatable bonds is 7. The molecule has 0 unspecified atom stereocenters. The van der Waals surface area contributed by atoms with Crippen molar-refractivity contribution in [3.05, 3.63) is 11.5 Å². The molecule has 0 spiro atoms. The largest absolute Gasteiger partial charge is 0.134 e. The summed E-state index contributed by atoms with van der Waals surface area (Å²) in [7, 11) is 0. The van der Waals surface area contributed by atoms with Gasteiger partial charge in [-0.3, -0.25) is 0 Å². The molecule has 0 saturated heterocycles. The van der Waals surface area contributed by atoms with E-state index in [4.69, 9.17) is 0 Å². The van der Waals surface area contributed by atoms with Crippen LogP contribution in [0.1, 0.15) is 46.0 Å². The summed E-state index contributed by atoms with van der Waals surface area (Å²) in [4.78, 5) is 0. The van der Waals surface area contributed by atoms with E-state index in [0.29, 0.717) is 0 Å². The number of allylic oxidation sites excluding steroid dienone is 1. The Hall–Kier alpha value is 0.0900. The Morgan fingerprint density at radius 1 is 1.09 bits per heavy atom. The minimum atomic E-state index is 1.26. The highest BCUT2D eigenvalue weighted by Crippen LogP contribution is 2.07. The van der Waals surface area contributed by atoms with E-state index in [9.17, 15) is 0 Å². The molecule has 0 aliphatic rings. The lowest BCUT2D eigenvalue weighted by atomic mass is 10.2. The number of hydrogen-bond donors (Lipinski definition) is 0. The van der Waals surface area contributed by atoms with Crippen LogP contribution in [-0.2, 0) is 0 Å². The third kappa shape index (κ3) is 10.1. The summed E-state index contributed by atoms with van der Waals surface area (Å²) in [5.41, 5.74) is 0. The number of hydrogen-bond acceptors (Lipinski definition) is 1. The van der Waals surface area contributed by atoms with E-state index in [2.05, 4.69) is 25.3 Å². The highest BCUT2D eigenvalue weighted by atomic mass is 32.2. The van der Waals surface area contributed by atoms with Crippen LogP contribution in [0.4, 0.5) is 0 Å². The first-order valence-electron chi connectivity index (χ1n) is 4.68. The van der Waals surface area contributed by atoms with E-state index in [0.717, 1.165) is 0 Å². The zero-order valence-electron chi connectivity index (χ0n) is 7.81. The number of thioether (sulfide) groups is 1. The standard InChI is InChI=1S/C10H20S/c1-3-5-7-8-10-11-9-6-4-2/h8,10H,3-7,9H2,1-2H3/b10-8+. The summed E-state index contributed by atoms with van der Waals surface area (Å²) >= 11 is 1.95. The second-order valence-electron chi connectivity index (χ2n) is 2.74. The van der Waals surface area contributed by atoms with Gasteiger partial charge in [-0.2, -0.15) is 0 Å². The van der Waals surface area contributed by atoms with Crippen LogP contribution in [0.5, 0.6) is 0 Å². The molecule has 0 bridgehead atoms. The Morgan fingerprint density at radius 3 is 2.45 bits per heavy atom. The Bertz CT molecular complexity index is 86.9. The van der Waals surface area contributed by atoms with E-state index in [1.54, 1.807) is 0 Å². The van der Waals surface area contributed by atoms with Gasteiger partial charge in [0, 0.05) is 0 Å². The average Bonchev–Trinajstić information content (AvgIpc) is 2.03. The van der Waals surface area contributed by atoms with Gasteiger partial charge in [0.05, 0.1) is 0 Å². The van der Waals surface area contributed by atoms with Crippen molar-refractivity contribution in [3.8, 4) is 0 Å². The normalized spacial score (nSPS) is 11.1. The molecule has 1 heteroatoms. The summed E-state index contributed by atoms with van der Waals surface area (Å²) in [5, 5.41) is 2.26. The average molecular weight is 172 g/mol. The van der Waals surface area contributed by atoms with Crippen molar-refractivity contribution in [2.45, 2.75) is 46.0 Å². The molecule has 0 aliphatic carbocycles. The first-order chi connectivity index (χ1) is 5.41. The lowest BCUT2D eigenvalue weighted by Gasteiger charge is -1.91. The van der Waals surface area contributed by atoms with Gasteiger partial charge >= 0.3 is 0 Å². The van der Waals surface area contributed by atoms with Gasteiger partial charge in [-0.15, -0.1) is 11.8 Å². The highest BCUT2D eigenvalue weighted by Gasteiger charge is 1.81. The molecule has 0 heterocycles. The molecule has 0 rings (SSSR count). The third-order valence-corrected chi connectivity index (χ3v) is 2.44. The van der Waals surface area contributed by atoms with Crippen molar-refractivity contribution in [1.82, 2.24) is 0 Å². The van der Waals surface area contributed by atoms with Crippen LogP contribution >= 0.6 is 11.8 Å². The lowest BCUT2D eigenvalue weighted by Crippen LogP contribution is -1.72. The van der Waals surface area contributed by atoms with Crippen molar-refractivity contribution < 1.29 is 0 Å². The molecule has 0 atom stereocenters. The van der Waals surface area contributed by atoms with Crippen molar-refractivity contribution in [2.24, 2.45) is 0 Å². The molecular weight excluding hydrogens is 152 g/mol. The van der Waals surface area contributed by atoms with Crippen LogP contribution in [0.2, 0.25) is 0 Å². The van der Waals surface area contributed by atoms with Gasteiger partial charge in [0.25, 0.3) is 0 Å². The smallest absolute Gasteiger partial charge is 0.00262 e. The monoisotopic (exact) mass is 172 g/mol. The van der Waals surface area contributed by atoms with Gasteiger partial charge in [0.1, 0.15) is 0 Å². The maximum absolute atomic E-state index is 2.30. The van der Waals surface area contributed by atoms with Crippen molar-refractivity contribution in [2.75, 3.05) is 5.75 Å². The Morgan fingerprint density at radius 2 is 1.82 bits per heavy atom. The molecule has 0 aromatic heterocycles. The summed E-state index contributed by atoms with van der Waals surface area (Å²) in [5.74, 6) is 1.29. The first-order valence-corrected chi connectivity index (χ1v) is 5.73. The molecule has 0 aromatic rings. The van der Waals surface area contributed by atoms with E-state index < -0.39 is 0 Å². The van der Waals surface area contributed by atoms with Gasteiger partial charge in [0.15, 0.2) is 0 Å². The zero-order chi connectivity index (χ0) is 8.36. The van der Waals surface area contributed by atoms with Crippen LogP contribution in [0, 0.1) is 0 Å². The predicted molar refractivity (Wildman–Crippen MR) is 56.0 cm³/mol. The van der Waals surface area contributed by atoms with Crippen LogP contribution in [0.3, 0.4) is 0 Å². The van der Waals surface area contributed by atoms with Gasteiger partial charge in [-0.1, -0.05) is 39.2 Å². The van der Waals surface area contributed by atoms with Crippen LogP contribution in [0.15, 0.2) is 11.5 Å². The van der Waals surface area contributed by atoms with E-state index in [1.807, 2.05) is 11.8 Å². The molecule has 66 valence electrons. The second-order valence-corrected chi connectivity index (χ2v) is 3.75. The fraction of sp³-hybridized carbons (Fsp3) is 0.800.